The van der Waals surface area contributed by atoms with Crippen LogP contribution in [0.3, 0.4) is 0 Å². The number of hydrogen-bond acceptors (Lipinski definition) is 5. The van der Waals surface area contributed by atoms with Gasteiger partial charge in [-0.05, 0) is 0 Å². The van der Waals surface area contributed by atoms with Crippen LogP contribution in [0.1, 0.15) is 0 Å². The molecule has 8 heteroatoms. The Morgan fingerprint density at radius 2 is 1.73 bits per heavy atom. The van der Waals surface area contributed by atoms with Gasteiger partial charge in [-0.15, -0.1) is 0 Å². The van der Waals surface area contributed by atoms with Crippen LogP contribution in [0.25, 0.3) is 0 Å². The molecule has 0 aromatic rings. The van der Waals surface area contributed by atoms with E-state index in [9.17, 15) is 19.3 Å². The molecule has 0 saturated heterocycles. The smallest absolute Gasteiger partial charge is 0.394 e. The molecule has 7 nitrogen and oxygen atoms in total. The highest BCUT2D eigenvalue weighted by Gasteiger charge is 2.33. The number of carbonyl (C=O) groups excluding carboxylic acids is 2. The van der Waals surface area contributed by atoms with E-state index in [1.165, 1.54) is 0 Å². The van der Waals surface area contributed by atoms with Gasteiger partial charge >= 0.3 is 7.60 Å². The van der Waals surface area contributed by atoms with Crippen LogP contribution in [-0.2, 0) is 14.2 Å². The lowest BCUT2D eigenvalue weighted by molar-refractivity contribution is -0.312. The van der Waals surface area contributed by atoms with Crippen LogP contribution in [0.5, 0.6) is 0 Å². The van der Waals surface area contributed by atoms with Gasteiger partial charge in [-0.3, -0.25) is 9.36 Å². The Bertz CT molecular complexity index is 226. The summed E-state index contributed by atoms with van der Waals surface area (Å²) < 4.78 is 9.97. The van der Waals surface area contributed by atoms with Gasteiger partial charge in [0, 0.05) is 0 Å². The maximum Gasteiger partial charge on any atom is 0.394 e. The van der Waals surface area contributed by atoms with E-state index in [4.69, 9.17) is 14.9 Å². The molecule has 0 aromatic heterocycles. The van der Waals surface area contributed by atoms with Crippen LogP contribution in [0, 0.1) is 0 Å². The van der Waals surface area contributed by atoms with Crippen LogP contribution in [0.15, 0.2) is 0 Å². The van der Waals surface area contributed by atoms with E-state index in [1.54, 1.807) is 0 Å². The topological polar surface area (TPSA) is 135 Å². The number of hydrogen-bond donors (Lipinski definition) is 3. The highest BCUT2D eigenvalue weighted by molar-refractivity contribution is 7.70. The monoisotopic (exact) mass is 183 g/mol. The molecule has 0 amide bonds. The average Bonchev–Trinajstić information content (AvgIpc) is 1.82. The highest BCUT2D eigenvalue weighted by atomic mass is 31.2. The van der Waals surface area contributed by atoms with Gasteiger partial charge in [-0.2, -0.15) is 0 Å². The minimum atomic E-state index is -5.18. The minimum Gasteiger partial charge on any atom is -0.547 e. The van der Waals surface area contributed by atoms with Gasteiger partial charge in [0.05, 0.1) is 5.97 Å². The molecule has 0 aliphatic rings. The number of carboxylic acid groups (broad SMARTS) is 1. The fourth-order valence-electron chi connectivity index (χ4n) is 0.260. The molecule has 64 valence electrons. The van der Waals surface area contributed by atoms with E-state index in [1.807, 2.05) is 0 Å². The summed E-state index contributed by atoms with van der Waals surface area (Å²) in [6.45, 7) is 0. The molecule has 11 heavy (non-hydrogen) atoms. The molecule has 3 N–H and O–H groups in total. The molecular formula is C3H4O7P-. The van der Waals surface area contributed by atoms with Gasteiger partial charge < -0.3 is 24.8 Å². The van der Waals surface area contributed by atoms with Crippen LogP contribution < -0.4 is 5.11 Å². The second kappa shape index (κ2) is 3.10. The zero-order valence-electron chi connectivity index (χ0n) is 5.00. The lowest BCUT2D eigenvalue weighted by atomic mass is 10.4. The quantitative estimate of drug-likeness (QED) is 0.309. The Morgan fingerprint density at radius 1 is 1.36 bits per heavy atom. The second-order valence-electron chi connectivity index (χ2n) is 1.60. The summed E-state index contributed by atoms with van der Waals surface area (Å²) in [5, 5.41) is 17.9. The van der Waals surface area contributed by atoms with Crippen molar-refractivity contribution in [1.29, 1.82) is 0 Å². The Kier molecular flexibility index (Phi) is 2.89. The van der Waals surface area contributed by atoms with Crippen molar-refractivity contribution in [3.8, 4) is 0 Å². The lowest BCUT2D eigenvalue weighted by Gasteiger charge is -2.09. The summed E-state index contributed by atoms with van der Waals surface area (Å²) in [4.78, 5) is 35.9. The first kappa shape index (κ1) is 10.2. The van der Waals surface area contributed by atoms with Crippen molar-refractivity contribution < 1.29 is 34.2 Å². The van der Waals surface area contributed by atoms with Crippen molar-refractivity contribution in [1.82, 2.24) is 0 Å². The van der Waals surface area contributed by atoms with Gasteiger partial charge in [-0.25, -0.2) is 0 Å². The Balaban J connectivity index is 4.52. The number of carboxylic acids is 1. The molecule has 0 radical (unpaired) electrons. The second-order valence-corrected chi connectivity index (χ2v) is 3.13. The van der Waals surface area contributed by atoms with Crippen molar-refractivity contribution in [3.63, 3.8) is 0 Å². The molecule has 0 bridgehead atoms. The first-order valence-corrected chi connectivity index (χ1v) is 3.87. The molecule has 0 heterocycles. The average molecular weight is 183 g/mol. The number of rotatable bonds is 3. The highest BCUT2D eigenvalue weighted by Crippen LogP contribution is 2.36. The summed E-state index contributed by atoms with van der Waals surface area (Å²) in [5.41, 5.74) is -2.07. The summed E-state index contributed by atoms with van der Waals surface area (Å²) in [7, 11) is -5.18. The summed E-state index contributed by atoms with van der Waals surface area (Å²) in [6, 6.07) is 0. The Hall–Kier alpha value is -0.750. The summed E-state index contributed by atoms with van der Waals surface area (Å²) in [5.74, 6) is -2.24. The van der Waals surface area contributed by atoms with Crippen molar-refractivity contribution in [3.05, 3.63) is 0 Å². The molecule has 1 atom stereocenters. The maximum atomic E-state index is 10.2. The number of carbonyl (C=O) groups is 2. The number of aliphatic hydroxyl groups is 1. The molecule has 0 saturated carbocycles. The van der Waals surface area contributed by atoms with E-state index in [0.29, 0.717) is 0 Å². The molecule has 0 aromatic carbocycles. The summed E-state index contributed by atoms with van der Waals surface area (Å²) >= 11 is 0. The molecule has 0 aliphatic carbocycles. The van der Waals surface area contributed by atoms with Crippen molar-refractivity contribution in [2.24, 2.45) is 0 Å². The van der Waals surface area contributed by atoms with Gasteiger partial charge in [0.15, 0.2) is 6.10 Å². The predicted molar refractivity (Wildman–Crippen MR) is 28.1 cm³/mol. The molecule has 0 spiro atoms. The first-order chi connectivity index (χ1) is 4.76. The molecular weight excluding hydrogens is 179 g/mol. The number of aliphatic carboxylic acids is 1. The van der Waals surface area contributed by atoms with Crippen LogP contribution >= 0.6 is 7.60 Å². The van der Waals surface area contributed by atoms with Gasteiger partial charge in [0.1, 0.15) is 0 Å². The van der Waals surface area contributed by atoms with E-state index in [-0.39, 0.29) is 0 Å². The molecule has 0 fully saturated rings. The molecule has 1 unspecified atom stereocenters. The predicted octanol–water partition coefficient (Wildman–Crippen LogP) is -3.20. The number of aliphatic hydroxyl groups excluding tert-OH is 1. The van der Waals surface area contributed by atoms with Crippen molar-refractivity contribution in [2.45, 2.75) is 6.10 Å². The molecule has 0 rings (SSSR count). The fourth-order valence-corrected chi connectivity index (χ4v) is 0.684. The third-order valence-corrected chi connectivity index (χ3v) is 1.56. The van der Waals surface area contributed by atoms with Gasteiger partial charge in [0.25, 0.3) is 5.52 Å². The largest absolute Gasteiger partial charge is 0.547 e. The van der Waals surface area contributed by atoms with E-state index < -0.39 is 25.2 Å². The van der Waals surface area contributed by atoms with Crippen molar-refractivity contribution in [2.75, 3.05) is 0 Å². The Morgan fingerprint density at radius 3 is 1.82 bits per heavy atom. The zero-order valence-corrected chi connectivity index (χ0v) is 5.89. The molecule has 0 aliphatic heterocycles. The van der Waals surface area contributed by atoms with Gasteiger partial charge in [0.2, 0.25) is 0 Å². The van der Waals surface area contributed by atoms with Crippen LogP contribution in [0.2, 0.25) is 0 Å². The van der Waals surface area contributed by atoms with E-state index in [2.05, 4.69) is 0 Å². The normalized spacial score (nSPS) is 14.1. The van der Waals surface area contributed by atoms with E-state index in [0.717, 1.165) is 0 Å². The fraction of sp³-hybridized carbons (Fsp3) is 0.333. The summed E-state index contributed by atoms with van der Waals surface area (Å²) in [6.07, 6.45) is -2.77. The van der Waals surface area contributed by atoms with E-state index >= 15 is 0 Å². The lowest BCUT2D eigenvalue weighted by Crippen LogP contribution is -2.40. The minimum absolute atomic E-state index is 2.07. The van der Waals surface area contributed by atoms with Crippen LogP contribution in [0.4, 0.5) is 0 Å². The maximum absolute atomic E-state index is 10.2. The third kappa shape index (κ3) is 2.77. The standard InChI is InChI=1S/C3H5O7P/c4-1(2(5)6)3(7)11(8,9)10/h1,4H,(H,5,6)(H2,8,9,10)/p-1. The van der Waals surface area contributed by atoms with Crippen LogP contribution in [-0.4, -0.2) is 32.5 Å². The van der Waals surface area contributed by atoms with Crippen molar-refractivity contribution >= 4 is 19.1 Å². The zero-order chi connectivity index (χ0) is 9.23. The SMILES string of the molecule is O=C([O-])C(O)C(=O)P(=O)(O)O. The Labute approximate surface area is 60.4 Å². The first-order valence-electron chi connectivity index (χ1n) is 2.25. The third-order valence-electron chi connectivity index (χ3n) is 0.744. The van der Waals surface area contributed by atoms with Gasteiger partial charge in [-0.1, -0.05) is 0 Å².